The molecule has 0 bridgehead atoms. The van der Waals surface area contributed by atoms with Crippen LogP contribution in [0.25, 0.3) is 0 Å². The Morgan fingerprint density at radius 3 is 2.92 bits per heavy atom. The molecule has 1 rings (SSSR count). The maximum absolute atomic E-state index is 11.8. The molecule has 0 spiro atoms. The fourth-order valence-corrected chi connectivity index (χ4v) is 0.771. The molecule has 0 aromatic carbocycles. The third kappa shape index (κ3) is 1.77. The summed E-state index contributed by atoms with van der Waals surface area (Å²) in [6.45, 7) is 0. The summed E-state index contributed by atoms with van der Waals surface area (Å²) >= 11 is 0. The molecule has 0 unspecified atom stereocenters. The van der Waals surface area contributed by atoms with Crippen molar-refractivity contribution in [1.82, 2.24) is 5.16 Å². The predicted octanol–water partition coefficient (Wildman–Crippen LogP) is 0.581. The Bertz CT molecular complexity index is 285. The number of rotatable bonds is 3. The van der Waals surface area contributed by atoms with E-state index < -0.39 is 18.8 Å². The van der Waals surface area contributed by atoms with Crippen molar-refractivity contribution in [2.75, 3.05) is 0 Å². The molecule has 0 atom stereocenters. The molecule has 6 heteroatoms. The summed E-state index contributed by atoms with van der Waals surface area (Å²) in [6.07, 6.45) is -2.11. The Morgan fingerprint density at radius 1 is 1.75 bits per heavy atom. The van der Waals surface area contributed by atoms with Crippen LogP contribution in [0.5, 0.6) is 0 Å². The molecule has 0 saturated heterocycles. The number of nitrogens with zero attached hydrogens (tertiary/aromatic N) is 1. The molecule has 66 valence electrons. The summed E-state index contributed by atoms with van der Waals surface area (Å²) in [5.41, 5.74) is 4.64. The summed E-state index contributed by atoms with van der Waals surface area (Å²) in [5.74, 6) is -0.862. The van der Waals surface area contributed by atoms with Gasteiger partial charge in [0.15, 0.2) is 5.69 Å². The Hall–Kier alpha value is -1.46. The van der Waals surface area contributed by atoms with Gasteiger partial charge in [0, 0.05) is 12.0 Å². The largest absolute Gasteiger partial charge is 0.364 e. The van der Waals surface area contributed by atoms with E-state index in [4.69, 9.17) is 5.73 Å². The van der Waals surface area contributed by atoms with E-state index in [1.165, 1.54) is 0 Å². The molecule has 0 saturated carbocycles. The number of hydrogen-bond donors (Lipinski definition) is 1. The van der Waals surface area contributed by atoms with Gasteiger partial charge in [-0.05, 0) is 0 Å². The Kier molecular flexibility index (Phi) is 2.37. The fourth-order valence-electron chi connectivity index (χ4n) is 0.771. The number of alkyl halides is 2. The number of nitrogens with two attached hydrogens (primary N) is 1. The normalized spacial score (nSPS) is 10.6. The number of amides is 1. The molecule has 0 fully saturated rings. The zero-order chi connectivity index (χ0) is 9.14. The van der Waals surface area contributed by atoms with Crippen LogP contribution in [0.2, 0.25) is 0 Å². The first-order valence-electron chi connectivity index (χ1n) is 3.12. The minimum absolute atomic E-state index is 0.0394. The molecule has 1 aromatic rings. The minimum atomic E-state index is -2.54. The first kappa shape index (κ1) is 8.63. The molecule has 1 aromatic heterocycles. The average Bonchev–Trinajstić information content (AvgIpc) is 2.33. The number of primary amides is 1. The molecule has 2 N–H and O–H groups in total. The second kappa shape index (κ2) is 3.29. The lowest BCUT2D eigenvalue weighted by Crippen LogP contribution is -2.14. The van der Waals surface area contributed by atoms with Crippen LogP contribution in [-0.2, 0) is 6.42 Å². The summed E-state index contributed by atoms with van der Waals surface area (Å²) in [6, 6.07) is 0. The highest BCUT2D eigenvalue weighted by molar-refractivity contribution is 5.91. The topological polar surface area (TPSA) is 69.1 Å². The van der Waals surface area contributed by atoms with Gasteiger partial charge in [-0.1, -0.05) is 5.16 Å². The third-order valence-electron chi connectivity index (χ3n) is 1.25. The van der Waals surface area contributed by atoms with E-state index in [0.29, 0.717) is 0 Å². The van der Waals surface area contributed by atoms with Crippen LogP contribution in [0.15, 0.2) is 10.8 Å². The molecule has 0 aliphatic heterocycles. The van der Waals surface area contributed by atoms with Crippen LogP contribution in [0.4, 0.5) is 8.78 Å². The van der Waals surface area contributed by atoms with Crippen LogP contribution in [0.1, 0.15) is 16.1 Å². The van der Waals surface area contributed by atoms with E-state index >= 15 is 0 Å². The van der Waals surface area contributed by atoms with Crippen molar-refractivity contribution in [2.24, 2.45) is 5.73 Å². The van der Waals surface area contributed by atoms with Gasteiger partial charge < -0.3 is 10.3 Å². The molecule has 0 aliphatic carbocycles. The molecule has 1 amide bonds. The van der Waals surface area contributed by atoms with Gasteiger partial charge in [0.1, 0.15) is 6.26 Å². The molecule has 4 nitrogen and oxygen atoms in total. The highest BCUT2D eigenvalue weighted by atomic mass is 19.3. The first-order chi connectivity index (χ1) is 5.61. The van der Waals surface area contributed by atoms with E-state index in [9.17, 15) is 13.6 Å². The lowest BCUT2D eigenvalue weighted by atomic mass is 10.2. The van der Waals surface area contributed by atoms with Crippen molar-refractivity contribution in [1.29, 1.82) is 0 Å². The van der Waals surface area contributed by atoms with Crippen molar-refractivity contribution in [3.05, 3.63) is 17.5 Å². The van der Waals surface area contributed by atoms with Gasteiger partial charge in [0.05, 0.1) is 0 Å². The van der Waals surface area contributed by atoms with Crippen LogP contribution in [0.3, 0.4) is 0 Å². The minimum Gasteiger partial charge on any atom is -0.364 e. The van der Waals surface area contributed by atoms with Crippen LogP contribution < -0.4 is 5.73 Å². The van der Waals surface area contributed by atoms with Crippen molar-refractivity contribution < 1.29 is 18.1 Å². The maximum atomic E-state index is 11.8. The smallest absolute Gasteiger partial charge is 0.271 e. The Morgan fingerprint density at radius 2 is 2.42 bits per heavy atom. The molecule has 0 aliphatic rings. The number of hydrogen-bond acceptors (Lipinski definition) is 3. The highest BCUT2D eigenvalue weighted by Crippen LogP contribution is 2.11. The van der Waals surface area contributed by atoms with Crippen molar-refractivity contribution in [3.63, 3.8) is 0 Å². The first-order valence-corrected chi connectivity index (χ1v) is 3.12. The lowest BCUT2D eigenvalue weighted by Gasteiger charge is -1.95. The third-order valence-corrected chi connectivity index (χ3v) is 1.25. The maximum Gasteiger partial charge on any atom is 0.271 e. The van der Waals surface area contributed by atoms with E-state index in [2.05, 4.69) is 9.68 Å². The Labute approximate surface area is 66.3 Å². The highest BCUT2D eigenvalue weighted by Gasteiger charge is 2.16. The quantitative estimate of drug-likeness (QED) is 0.732. The molecule has 12 heavy (non-hydrogen) atoms. The van der Waals surface area contributed by atoms with E-state index in [0.717, 1.165) is 6.26 Å². The van der Waals surface area contributed by atoms with Gasteiger partial charge in [0.2, 0.25) is 6.43 Å². The van der Waals surface area contributed by atoms with Gasteiger partial charge >= 0.3 is 0 Å². The average molecular weight is 176 g/mol. The molecule has 0 radical (unpaired) electrons. The van der Waals surface area contributed by atoms with Gasteiger partial charge in [-0.25, -0.2) is 8.78 Å². The van der Waals surface area contributed by atoms with E-state index in [-0.39, 0.29) is 11.3 Å². The number of aromatic nitrogens is 1. The lowest BCUT2D eigenvalue weighted by molar-refractivity contribution is 0.0989. The summed E-state index contributed by atoms with van der Waals surface area (Å²) in [5, 5.41) is 3.19. The zero-order valence-electron chi connectivity index (χ0n) is 5.96. The summed E-state index contributed by atoms with van der Waals surface area (Å²) < 4.78 is 28.0. The van der Waals surface area contributed by atoms with Crippen LogP contribution >= 0.6 is 0 Å². The fraction of sp³-hybridized carbons (Fsp3) is 0.333. The standard InChI is InChI=1S/C6H6F2N2O2/c7-4(8)1-3-2-12-10-5(3)6(9)11/h2,4H,1H2,(H2,9,11). The summed E-state index contributed by atoms with van der Waals surface area (Å²) in [4.78, 5) is 10.5. The number of carbonyl (C=O) groups excluding carboxylic acids is 1. The zero-order valence-corrected chi connectivity index (χ0v) is 5.96. The van der Waals surface area contributed by atoms with Crippen molar-refractivity contribution in [3.8, 4) is 0 Å². The van der Waals surface area contributed by atoms with Gasteiger partial charge in [-0.3, -0.25) is 4.79 Å². The predicted molar refractivity (Wildman–Crippen MR) is 34.7 cm³/mol. The summed E-state index contributed by atoms with van der Waals surface area (Å²) in [7, 11) is 0. The van der Waals surface area contributed by atoms with Crippen LogP contribution in [-0.4, -0.2) is 17.5 Å². The van der Waals surface area contributed by atoms with Gasteiger partial charge in [-0.2, -0.15) is 0 Å². The monoisotopic (exact) mass is 176 g/mol. The van der Waals surface area contributed by atoms with E-state index in [1.54, 1.807) is 0 Å². The SMILES string of the molecule is NC(=O)c1nocc1CC(F)F. The Balaban J connectivity index is 2.84. The van der Waals surface area contributed by atoms with Crippen molar-refractivity contribution in [2.45, 2.75) is 12.8 Å². The molecule has 1 heterocycles. The molecular weight excluding hydrogens is 170 g/mol. The van der Waals surface area contributed by atoms with E-state index in [1.807, 2.05) is 0 Å². The second-order valence-electron chi connectivity index (χ2n) is 2.15. The number of carbonyl (C=O) groups is 1. The number of halogens is 2. The molecular formula is C6H6F2N2O2. The second-order valence-corrected chi connectivity index (χ2v) is 2.15. The van der Waals surface area contributed by atoms with Gasteiger partial charge in [0.25, 0.3) is 5.91 Å². The van der Waals surface area contributed by atoms with Crippen molar-refractivity contribution >= 4 is 5.91 Å². The van der Waals surface area contributed by atoms with Gasteiger partial charge in [-0.15, -0.1) is 0 Å². The van der Waals surface area contributed by atoms with Crippen LogP contribution in [0, 0.1) is 0 Å².